The molecule has 0 saturated carbocycles. The lowest BCUT2D eigenvalue weighted by atomic mass is 10.2. The zero-order valence-electron chi connectivity index (χ0n) is 15.8. The molecule has 28 heavy (non-hydrogen) atoms. The van der Waals surface area contributed by atoms with Crippen LogP contribution in [0.4, 0.5) is 10.2 Å². The van der Waals surface area contributed by atoms with E-state index in [1.807, 2.05) is 13.0 Å². The van der Waals surface area contributed by atoms with Crippen molar-refractivity contribution in [3.8, 4) is 5.69 Å². The van der Waals surface area contributed by atoms with Gasteiger partial charge in [0.25, 0.3) is 5.91 Å². The minimum Gasteiger partial charge on any atom is -0.306 e. The van der Waals surface area contributed by atoms with Gasteiger partial charge in [0, 0.05) is 18.0 Å². The van der Waals surface area contributed by atoms with Crippen LogP contribution in [0.1, 0.15) is 29.2 Å². The number of halogens is 1. The van der Waals surface area contributed by atoms with Crippen LogP contribution in [0.2, 0.25) is 0 Å². The Bertz CT molecular complexity index is 1140. The van der Waals surface area contributed by atoms with E-state index in [4.69, 9.17) is 0 Å². The zero-order valence-corrected chi connectivity index (χ0v) is 16.6. The lowest BCUT2D eigenvalue weighted by Gasteiger charge is -2.10. The van der Waals surface area contributed by atoms with Crippen LogP contribution >= 0.6 is 11.3 Å². The Morgan fingerprint density at radius 2 is 2.00 bits per heavy atom. The summed E-state index contributed by atoms with van der Waals surface area (Å²) in [5.74, 6) is 0.613. The summed E-state index contributed by atoms with van der Waals surface area (Å²) < 4.78 is 16.8. The molecule has 4 aromatic rings. The topological polar surface area (TPSA) is 64.7 Å². The standard InChI is InChI=1S/C20H20FN5OS/c1-12(2)11-25-18(8-9-22-25)23-19(27)17-10-16-13(3)24-26(20(16)28-17)15-6-4-14(21)5-7-15/h4-10,12H,11H2,1-3H3,(H,23,27). The van der Waals surface area contributed by atoms with Gasteiger partial charge in [0.15, 0.2) is 0 Å². The fourth-order valence-electron chi connectivity index (χ4n) is 3.02. The van der Waals surface area contributed by atoms with E-state index < -0.39 is 0 Å². The number of amides is 1. The fraction of sp³-hybridized carbons (Fsp3) is 0.250. The highest BCUT2D eigenvalue weighted by Gasteiger charge is 2.18. The molecule has 6 nitrogen and oxygen atoms in total. The monoisotopic (exact) mass is 397 g/mol. The third kappa shape index (κ3) is 3.43. The van der Waals surface area contributed by atoms with E-state index in [1.165, 1.54) is 23.5 Å². The van der Waals surface area contributed by atoms with Crippen LogP contribution in [0.15, 0.2) is 42.6 Å². The Kier molecular flexibility index (Phi) is 4.72. The molecule has 0 radical (unpaired) electrons. The average molecular weight is 397 g/mol. The molecule has 0 aliphatic heterocycles. The van der Waals surface area contributed by atoms with Gasteiger partial charge in [-0.25, -0.2) is 13.8 Å². The number of rotatable bonds is 5. The Hall–Kier alpha value is -3.00. The molecule has 3 heterocycles. The second-order valence-electron chi connectivity index (χ2n) is 7.05. The highest BCUT2D eigenvalue weighted by atomic mass is 32.1. The first kappa shape index (κ1) is 18.4. The SMILES string of the molecule is Cc1nn(-c2ccc(F)cc2)c2sc(C(=O)Nc3ccnn3CC(C)C)cc12. The van der Waals surface area contributed by atoms with Crippen LogP contribution in [-0.2, 0) is 6.54 Å². The smallest absolute Gasteiger partial charge is 0.266 e. The van der Waals surface area contributed by atoms with Gasteiger partial charge < -0.3 is 5.32 Å². The third-order valence-electron chi connectivity index (χ3n) is 4.34. The lowest BCUT2D eigenvalue weighted by Crippen LogP contribution is -2.16. The molecule has 144 valence electrons. The van der Waals surface area contributed by atoms with Gasteiger partial charge in [0.1, 0.15) is 16.5 Å². The first-order chi connectivity index (χ1) is 13.4. The number of anilines is 1. The molecule has 1 amide bonds. The molecule has 3 aromatic heterocycles. The van der Waals surface area contributed by atoms with E-state index in [0.29, 0.717) is 16.6 Å². The first-order valence-electron chi connectivity index (χ1n) is 9.00. The van der Waals surface area contributed by atoms with Gasteiger partial charge in [-0.1, -0.05) is 13.8 Å². The molecule has 8 heteroatoms. The van der Waals surface area contributed by atoms with E-state index in [2.05, 4.69) is 29.4 Å². The van der Waals surface area contributed by atoms with Gasteiger partial charge >= 0.3 is 0 Å². The number of benzene rings is 1. The summed E-state index contributed by atoms with van der Waals surface area (Å²) in [6.45, 7) is 6.83. The molecule has 0 bridgehead atoms. The van der Waals surface area contributed by atoms with Crippen molar-refractivity contribution < 1.29 is 9.18 Å². The van der Waals surface area contributed by atoms with E-state index >= 15 is 0 Å². The van der Waals surface area contributed by atoms with Crippen molar-refractivity contribution in [2.75, 3.05) is 5.32 Å². The maximum Gasteiger partial charge on any atom is 0.266 e. The van der Waals surface area contributed by atoms with Crippen LogP contribution in [0.3, 0.4) is 0 Å². The Labute approximate surface area is 165 Å². The van der Waals surface area contributed by atoms with Crippen molar-refractivity contribution in [2.24, 2.45) is 5.92 Å². The number of hydrogen-bond donors (Lipinski definition) is 1. The molecule has 4 rings (SSSR count). The number of aromatic nitrogens is 4. The summed E-state index contributed by atoms with van der Waals surface area (Å²) in [4.78, 5) is 14.2. The van der Waals surface area contributed by atoms with E-state index in [-0.39, 0.29) is 11.7 Å². The van der Waals surface area contributed by atoms with Gasteiger partial charge in [-0.3, -0.25) is 4.79 Å². The number of nitrogens with one attached hydrogen (secondary N) is 1. The van der Waals surface area contributed by atoms with Crippen molar-refractivity contribution in [2.45, 2.75) is 27.3 Å². The highest BCUT2D eigenvalue weighted by molar-refractivity contribution is 7.20. The Morgan fingerprint density at radius 3 is 2.71 bits per heavy atom. The summed E-state index contributed by atoms with van der Waals surface area (Å²) in [5, 5.41) is 12.7. The molecular formula is C20H20FN5OS. The molecular weight excluding hydrogens is 377 g/mol. The summed E-state index contributed by atoms with van der Waals surface area (Å²) in [6.07, 6.45) is 1.68. The summed E-state index contributed by atoms with van der Waals surface area (Å²) in [6, 6.07) is 9.78. The predicted molar refractivity (Wildman–Crippen MR) is 109 cm³/mol. The molecule has 0 unspecified atom stereocenters. The number of hydrogen-bond acceptors (Lipinski definition) is 4. The van der Waals surface area contributed by atoms with Crippen molar-refractivity contribution in [3.05, 3.63) is 59.0 Å². The summed E-state index contributed by atoms with van der Waals surface area (Å²) >= 11 is 1.36. The number of nitrogens with zero attached hydrogens (tertiary/aromatic N) is 4. The number of carbonyl (C=O) groups excluding carboxylic acids is 1. The van der Waals surface area contributed by atoms with E-state index in [0.717, 1.165) is 28.1 Å². The number of aryl methyl sites for hydroxylation is 1. The third-order valence-corrected chi connectivity index (χ3v) is 5.45. The molecule has 0 aliphatic carbocycles. The van der Waals surface area contributed by atoms with Crippen molar-refractivity contribution >= 4 is 33.3 Å². The average Bonchev–Trinajstić information content (AvgIpc) is 3.33. The molecule has 0 spiro atoms. The van der Waals surface area contributed by atoms with Gasteiger partial charge in [0.2, 0.25) is 0 Å². The van der Waals surface area contributed by atoms with Crippen LogP contribution in [-0.4, -0.2) is 25.5 Å². The maximum atomic E-state index is 13.2. The van der Waals surface area contributed by atoms with Crippen molar-refractivity contribution in [1.82, 2.24) is 19.6 Å². The molecule has 1 aromatic carbocycles. The van der Waals surface area contributed by atoms with Crippen LogP contribution < -0.4 is 5.32 Å². The Morgan fingerprint density at radius 1 is 1.25 bits per heavy atom. The van der Waals surface area contributed by atoms with E-state index in [9.17, 15) is 9.18 Å². The van der Waals surface area contributed by atoms with Crippen LogP contribution in [0, 0.1) is 18.7 Å². The molecule has 0 saturated heterocycles. The maximum absolute atomic E-state index is 13.2. The first-order valence-corrected chi connectivity index (χ1v) is 9.82. The van der Waals surface area contributed by atoms with Crippen LogP contribution in [0.25, 0.3) is 15.9 Å². The summed E-state index contributed by atoms with van der Waals surface area (Å²) in [5.41, 5.74) is 1.57. The second kappa shape index (κ2) is 7.20. The lowest BCUT2D eigenvalue weighted by molar-refractivity contribution is 0.102. The largest absolute Gasteiger partial charge is 0.306 e. The van der Waals surface area contributed by atoms with Crippen LogP contribution in [0.5, 0.6) is 0 Å². The van der Waals surface area contributed by atoms with Crippen molar-refractivity contribution in [3.63, 3.8) is 0 Å². The molecule has 1 N–H and O–H groups in total. The minimum absolute atomic E-state index is 0.184. The number of carbonyl (C=O) groups is 1. The minimum atomic E-state index is -0.298. The second-order valence-corrected chi connectivity index (χ2v) is 8.08. The van der Waals surface area contributed by atoms with Gasteiger partial charge in [-0.05, 0) is 43.2 Å². The summed E-state index contributed by atoms with van der Waals surface area (Å²) in [7, 11) is 0. The van der Waals surface area contributed by atoms with Gasteiger partial charge in [-0.15, -0.1) is 11.3 Å². The van der Waals surface area contributed by atoms with Crippen molar-refractivity contribution in [1.29, 1.82) is 0 Å². The Balaban J connectivity index is 1.65. The molecule has 0 atom stereocenters. The zero-order chi connectivity index (χ0) is 19.8. The molecule has 0 aliphatic rings. The van der Waals surface area contributed by atoms with Gasteiger partial charge in [0.05, 0.1) is 22.5 Å². The normalized spacial score (nSPS) is 11.5. The van der Waals surface area contributed by atoms with E-state index in [1.54, 1.807) is 33.8 Å². The number of thiophene rings is 1. The predicted octanol–water partition coefficient (Wildman–Crippen LogP) is 4.64. The van der Waals surface area contributed by atoms with Gasteiger partial charge in [-0.2, -0.15) is 10.2 Å². The number of fused-ring (bicyclic) bond motifs is 1. The highest BCUT2D eigenvalue weighted by Crippen LogP contribution is 2.31. The molecule has 0 fully saturated rings. The quantitative estimate of drug-likeness (QED) is 0.534. The fourth-order valence-corrected chi connectivity index (χ4v) is 4.10.